The van der Waals surface area contributed by atoms with Crippen molar-refractivity contribution < 1.29 is 19.2 Å². The maximum atomic E-state index is 11.5. The summed E-state index contributed by atoms with van der Waals surface area (Å²) < 4.78 is 4.34. The van der Waals surface area contributed by atoms with Crippen molar-refractivity contribution in [1.29, 1.82) is 0 Å². The van der Waals surface area contributed by atoms with Gasteiger partial charge in [-0.1, -0.05) is 29.3 Å². The number of carbonyl (C=O) groups is 2. The van der Waals surface area contributed by atoms with E-state index in [4.69, 9.17) is 23.2 Å². The van der Waals surface area contributed by atoms with E-state index in [0.717, 1.165) is 10.5 Å². The number of nitrogens with one attached hydrogen (secondary N) is 2. The fourth-order valence-electron chi connectivity index (χ4n) is 1.54. The van der Waals surface area contributed by atoms with Crippen LogP contribution < -0.4 is 10.2 Å². The minimum absolute atomic E-state index is 0.133. The van der Waals surface area contributed by atoms with E-state index in [0.29, 0.717) is 16.6 Å². The monoisotopic (exact) mass is 305 g/mol. The molecule has 5 nitrogen and oxygen atoms in total. The fourth-order valence-corrected chi connectivity index (χ4v) is 2.01. The average molecular weight is 306 g/mol. The molecule has 0 saturated heterocycles. The minimum atomic E-state index is -0.762. The number of hydrogen-bond acceptors (Lipinski definition) is 3. The standard InChI is InChI=1S/C12H14Cl2N2O3/c1-16(7-11(17)15-12(18)19-2)6-8-3-4-9(13)5-10(8)14/h3-5H,6-7H2,1-2H3,(H,15,17,18)/p+1. The largest absolute Gasteiger partial charge is 0.453 e. The molecule has 7 heteroatoms. The normalized spacial score (nSPS) is 11.8. The molecule has 1 rings (SSSR count). The van der Waals surface area contributed by atoms with Gasteiger partial charge in [-0.15, -0.1) is 0 Å². The van der Waals surface area contributed by atoms with E-state index in [1.165, 1.54) is 7.11 Å². The summed E-state index contributed by atoms with van der Waals surface area (Å²) in [6.45, 7) is 0.679. The van der Waals surface area contributed by atoms with Gasteiger partial charge in [0.15, 0.2) is 6.54 Å². The zero-order valence-electron chi connectivity index (χ0n) is 10.6. The van der Waals surface area contributed by atoms with Gasteiger partial charge in [-0.3, -0.25) is 10.1 Å². The Labute approximate surface area is 121 Å². The highest BCUT2D eigenvalue weighted by atomic mass is 35.5. The number of likely N-dealkylation sites (N-methyl/N-ethyl adjacent to an activating group) is 1. The maximum Gasteiger partial charge on any atom is 0.413 e. The molecule has 0 heterocycles. The van der Waals surface area contributed by atoms with Crippen LogP contribution in [-0.4, -0.2) is 32.7 Å². The Bertz CT molecular complexity index is 480. The van der Waals surface area contributed by atoms with E-state index in [-0.39, 0.29) is 6.54 Å². The highest BCUT2D eigenvalue weighted by Gasteiger charge is 2.14. The topological polar surface area (TPSA) is 59.8 Å². The quantitative estimate of drug-likeness (QED) is 0.868. The highest BCUT2D eigenvalue weighted by molar-refractivity contribution is 6.35. The highest BCUT2D eigenvalue weighted by Crippen LogP contribution is 2.19. The summed E-state index contributed by atoms with van der Waals surface area (Å²) in [5.74, 6) is -0.408. The van der Waals surface area contributed by atoms with Crippen LogP contribution in [0.3, 0.4) is 0 Å². The number of amides is 2. The number of imide groups is 1. The molecular formula is C12H15Cl2N2O3+. The molecule has 0 aliphatic heterocycles. The van der Waals surface area contributed by atoms with Crippen LogP contribution in [0.2, 0.25) is 10.0 Å². The zero-order valence-corrected chi connectivity index (χ0v) is 12.1. The summed E-state index contributed by atoms with van der Waals surface area (Å²) in [6.07, 6.45) is -0.762. The predicted octanol–water partition coefficient (Wildman–Crippen LogP) is 0.891. The van der Waals surface area contributed by atoms with Crippen molar-refractivity contribution in [2.45, 2.75) is 6.54 Å². The first-order valence-corrected chi connectivity index (χ1v) is 6.31. The number of carbonyl (C=O) groups excluding carboxylic acids is 2. The van der Waals surface area contributed by atoms with Crippen molar-refractivity contribution in [1.82, 2.24) is 5.32 Å². The molecule has 1 aromatic rings. The molecule has 19 heavy (non-hydrogen) atoms. The van der Waals surface area contributed by atoms with Crippen molar-refractivity contribution in [2.24, 2.45) is 0 Å². The van der Waals surface area contributed by atoms with Gasteiger partial charge in [0.25, 0.3) is 5.91 Å². The molecule has 0 bridgehead atoms. The molecule has 0 aliphatic rings. The number of benzene rings is 1. The fraction of sp³-hybridized carbons (Fsp3) is 0.333. The third-order valence-electron chi connectivity index (χ3n) is 2.40. The first-order chi connectivity index (χ1) is 8.92. The van der Waals surface area contributed by atoms with Crippen LogP contribution in [0, 0.1) is 0 Å². The van der Waals surface area contributed by atoms with Gasteiger partial charge in [0, 0.05) is 10.6 Å². The smallest absolute Gasteiger partial charge is 0.413 e. The molecule has 1 unspecified atom stereocenters. The summed E-state index contributed by atoms with van der Waals surface area (Å²) in [7, 11) is 3.02. The second-order valence-electron chi connectivity index (χ2n) is 4.09. The molecular weight excluding hydrogens is 291 g/mol. The van der Waals surface area contributed by atoms with Gasteiger partial charge in [-0.2, -0.15) is 0 Å². The van der Waals surface area contributed by atoms with Crippen LogP contribution in [0.15, 0.2) is 18.2 Å². The number of rotatable bonds is 4. The zero-order chi connectivity index (χ0) is 14.4. The molecule has 0 radical (unpaired) electrons. The van der Waals surface area contributed by atoms with Crippen molar-refractivity contribution in [3.05, 3.63) is 33.8 Å². The van der Waals surface area contributed by atoms with Gasteiger partial charge in [-0.25, -0.2) is 4.79 Å². The number of quaternary nitrogens is 1. The first kappa shape index (κ1) is 15.8. The van der Waals surface area contributed by atoms with Gasteiger partial charge >= 0.3 is 6.09 Å². The van der Waals surface area contributed by atoms with Gasteiger partial charge in [-0.05, 0) is 12.1 Å². The average Bonchev–Trinajstić information content (AvgIpc) is 2.32. The summed E-state index contributed by atoms with van der Waals surface area (Å²) >= 11 is 11.8. The van der Waals surface area contributed by atoms with E-state index < -0.39 is 12.0 Å². The second kappa shape index (κ2) is 7.33. The Balaban J connectivity index is 2.53. The summed E-state index contributed by atoms with van der Waals surface area (Å²) in [4.78, 5) is 23.2. The van der Waals surface area contributed by atoms with Crippen LogP contribution in [-0.2, 0) is 16.1 Å². The lowest BCUT2D eigenvalue weighted by Crippen LogP contribution is -3.09. The number of ether oxygens (including phenoxy) is 1. The van der Waals surface area contributed by atoms with E-state index in [1.807, 2.05) is 13.1 Å². The molecule has 2 N–H and O–H groups in total. The molecule has 0 spiro atoms. The van der Waals surface area contributed by atoms with Crippen LogP contribution in [0.25, 0.3) is 0 Å². The number of methoxy groups -OCH3 is 1. The van der Waals surface area contributed by atoms with Crippen LogP contribution in [0.4, 0.5) is 4.79 Å². The van der Waals surface area contributed by atoms with Gasteiger partial charge in [0.05, 0.1) is 19.2 Å². The van der Waals surface area contributed by atoms with E-state index in [9.17, 15) is 9.59 Å². The molecule has 0 fully saturated rings. The minimum Gasteiger partial charge on any atom is -0.453 e. The summed E-state index contributed by atoms with van der Waals surface area (Å²) in [5, 5.41) is 3.22. The molecule has 0 aliphatic carbocycles. The van der Waals surface area contributed by atoms with Gasteiger partial charge in [0.1, 0.15) is 6.54 Å². The Morgan fingerprint density at radius 1 is 1.37 bits per heavy atom. The molecule has 0 aromatic heterocycles. The summed E-state index contributed by atoms with van der Waals surface area (Å²) in [5.41, 5.74) is 0.884. The van der Waals surface area contributed by atoms with Gasteiger partial charge in [0.2, 0.25) is 0 Å². The van der Waals surface area contributed by atoms with E-state index in [2.05, 4.69) is 10.1 Å². The SMILES string of the molecule is COC(=O)NC(=O)C[NH+](C)Cc1ccc(Cl)cc1Cl. The van der Waals surface area contributed by atoms with Gasteiger partial charge < -0.3 is 9.64 Å². The number of halogens is 2. The van der Waals surface area contributed by atoms with E-state index >= 15 is 0 Å². The molecule has 1 aromatic carbocycles. The lowest BCUT2D eigenvalue weighted by atomic mass is 10.2. The third-order valence-corrected chi connectivity index (χ3v) is 2.98. The van der Waals surface area contributed by atoms with Crippen LogP contribution >= 0.6 is 23.2 Å². The van der Waals surface area contributed by atoms with Crippen molar-refractivity contribution in [2.75, 3.05) is 20.7 Å². The Morgan fingerprint density at radius 2 is 2.05 bits per heavy atom. The Hall–Kier alpha value is -1.30. The summed E-state index contributed by atoms with van der Waals surface area (Å²) in [6, 6.07) is 5.21. The van der Waals surface area contributed by atoms with Crippen LogP contribution in [0.1, 0.15) is 5.56 Å². The lowest BCUT2D eigenvalue weighted by Gasteiger charge is -2.14. The Kier molecular flexibility index (Phi) is 6.08. The van der Waals surface area contributed by atoms with Crippen LogP contribution in [0.5, 0.6) is 0 Å². The molecule has 0 saturated carbocycles. The number of hydrogen-bond donors (Lipinski definition) is 2. The molecule has 104 valence electrons. The lowest BCUT2D eigenvalue weighted by molar-refractivity contribution is -0.885. The van der Waals surface area contributed by atoms with Crippen molar-refractivity contribution >= 4 is 35.2 Å². The third kappa shape index (κ3) is 5.46. The number of alkyl carbamates (subject to hydrolysis) is 1. The van der Waals surface area contributed by atoms with E-state index in [1.54, 1.807) is 12.1 Å². The molecule has 1 atom stereocenters. The predicted molar refractivity (Wildman–Crippen MR) is 72.5 cm³/mol. The maximum absolute atomic E-state index is 11.5. The van der Waals surface area contributed by atoms with Crippen molar-refractivity contribution in [3.63, 3.8) is 0 Å². The second-order valence-corrected chi connectivity index (χ2v) is 4.93. The Morgan fingerprint density at radius 3 is 2.63 bits per heavy atom. The molecule has 2 amide bonds. The first-order valence-electron chi connectivity index (χ1n) is 5.55. The van der Waals surface area contributed by atoms with Crippen molar-refractivity contribution in [3.8, 4) is 0 Å².